The molecule has 0 saturated heterocycles. The van der Waals surface area contributed by atoms with Crippen molar-refractivity contribution in [3.63, 3.8) is 0 Å². The van der Waals surface area contributed by atoms with Crippen LogP contribution in [0.2, 0.25) is 0 Å². The number of rotatable bonds is 12. The van der Waals surface area contributed by atoms with Crippen LogP contribution < -0.4 is 20.9 Å². The number of nitrogens with two attached hydrogens (primary N) is 2. The molecule has 3 aromatic rings. The van der Waals surface area contributed by atoms with Crippen LogP contribution in [0.5, 0.6) is 11.5 Å². The van der Waals surface area contributed by atoms with Gasteiger partial charge in [-0.05, 0) is 97.5 Å². The Balaban J connectivity index is 1.53. The highest BCUT2D eigenvalue weighted by Crippen LogP contribution is 2.23. The fourth-order valence-electron chi connectivity index (χ4n) is 3.71. The van der Waals surface area contributed by atoms with Gasteiger partial charge in [-0.1, -0.05) is 12.1 Å². The van der Waals surface area contributed by atoms with Gasteiger partial charge in [0.15, 0.2) is 0 Å². The van der Waals surface area contributed by atoms with Crippen molar-refractivity contribution in [2.24, 2.45) is 0 Å². The summed E-state index contributed by atoms with van der Waals surface area (Å²) in [6.07, 6.45) is -2.51. The Morgan fingerprint density at radius 3 is 2.08 bits per heavy atom. The molecule has 0 bridgehead atoms. The Morgan fingerprint density at radius 2 is 1.49 bits per heavy atom. The van der Waals surface area contributed by atoms with E-state index in [1.165, 1.54) is 30.3 Å². The molecule has 0 amide bonds. The van der Waals surface area contributed by atoms with Crippen molar-refractivity contribution in [1.82, 2.24) is 0 Å². The van der Waals surface area contributed by atoms with Crippen LogP contribution in [0.25, 0.3) is 6.08 Å². The van der Waals surface area contributed by atoms with Crippen LogP contribution in [0.1, 0.15) is 47.2 Å². The SMILES string of the molecule is Nc1cc(N)cc(CCC(=Cc2ccc(C(=O)Oc3ccc(OCCCCC(F)(F)F)cc3)cc2)C(=O)O)c1. The van der Waals surface area contributed by atoms with E-state index in [1.54, 1.807) is 42.5 Å². The number of carbonyl (C=O) groups excluding carboxylic acids is 1. The van der Waals surface area contributed by atoms with E-state index in [2.05, 4.69) is 0 Å². The monoisotopic (exact) mass is 542 g/mol. The maximum absolute atomic E-state index is 12.5. The first kappa shape index (κ1) is 29.1. The Labute approximate surface area is 223 Å². The van der Waals surface area contributed by atoms with Crippen molar-refractivity contribution in [2.75, 3.05) is 18.1 Å². The van der Waals surface area contributed by atoms with Crippen LogP contribution in [-0.2, 0) is 11.2 Å². The molecule has 0 aliphatic rings. The number of aliphatic carboxylic acids is 1. The van der Waals surface area contributed by atoms with Gasteiger partial charge in [-0.3, -0.25) is 0 Å². The lowest BCUT2D eigenvalue weighted by atomic mass is 10.0. The third-order valence-corrected chi connectivity index (χ3v) is 5.64. The van der Waals surface area contributed by atoms with E-state index in [0.29, 0.717) is 29.1 Å². The van der Waals surface area contributed by atoms with Crippen LogP contribution in [0.15, 0.2) is 72.3 Å². The van der Waals surface area contributed by atoms with E-state index < -0.39 is 24.5 Å². The summed E-state index contributed by atoms with van der Waals surface area (Å²) in [7, 11) is 0. The number of anilines is 2. The summed E-state index contributed by atoms with van der Waals surface area (Å²) in [6.45, 7) is 0.148. The molecule has 0 aromatic heterocycles. The number of alkyl halides is 3. The molecular formula is C29H29F3N2O5. The van der Waals surface area contributed by atoms with Crippen molar-refractivity contribution >= 4 is 29.4 Å². The lowest BCUT2D eigenvalue weighted by Gasteiger charge is -2.09. The third kappa shape index (κ3) is 10.1. The molecule has 0 aliphatic heterocycles. The number of benzene rings is 3. The fraction of sp³-hybridized carbons (Fsp3) is 0.241. The lowest BCUT2D eigenvalue weighted by Crippen LogP contribution is -2.08. The van der Waals surface area contributed by atoms with Gasteiger partial charge in [0.2, 0.25) is 0 Å². The minimum Gasteiger partial charge on any atom is -0.494 e. The second-order valence-electron chi connectivity index (χ2n) is 8.89. The summed E-state index contributed by atoms with van der Waals surface area (Å²) >= 11 is 0. The predicted molar refractivity (Wildman–Crippen MR) is 142 cm³/mol. The number of ether oxygens (including phenoxy) is 2. The summed E-state index contributed by atoms with van der Waals surface area (Å²) in [6, 6.07) is 17.6. The maximum atomic E-state index is 12.5. The van der Waals surface area contributed by atoms with Crippen molar-refractivity contribution in [3.05, 3.63) is 89.0 Å². The average Bonchev–Trinajstić information content (AvgIpc) is 2.86. The minimum absolute atomic E-state index is 0.00973. The molecule has 0 fully saturated rings. The standard InChI is InChI=1S/C29H29F3N2O5/c30-29(31,32)13-1-2-14-38-25-9-11-26(12-10-25)39-28(37)21-6-3-19(4-7-21)15-22(27(35)36)8-5-20-16-23(33)18-24(34)17-20/h3-4,6-7,9-12,15-18H,1-2,5,8,13-14,33-34H2,(H,35,36). The fourth-order valence-corrected chi connectivity index (χ4v) is 3.71. The number of carbonyl (C=O) groups is 2. The molecule has 0 aliphatic carbocycles. The Morgan fingerprint density at radius 1 is 0.872 bits per heavy atom. The number of unbranched alkanes of at least 4 members (excludes halogenated alkanes) is 1. The summed E-state index contributed by atoms with van der Waals surface area (Å²) in [5, 5.41) is 9.61. The molecule has 39 heavy (non-hydrogen) atoms. The van der Waals surface area contributed by atoms with Gasteiger partial charge in [0.25, 0.3) is 0 Å². The number of hydrogen-bond acceptors (Lipinski definition) is 6. The molecule has 0 saturated carbocycles. The van der Waals surface area contributed by atoms with Gasteiger partial charge in [0.1, 0.15) is 11.5 Å². The van der Waals surface area contributed by atoms with Gasteiger partial charge in [0.05, 0.1) is 12.2 Å². The molecule has 0 atom stereocenters. The van der Waals surface area contributed by atoms with Crippen LogP contribution in [0.3, 0.4) is 0 Å². The zero-order valence-corrected chi connectivity index (χ0v) is 21.0. The predicted octanol–water partition coefficient (Wildman–Crippen LogP) is 6.28. The summed E-state index contributed by atoms with van der Waals surface area (Å²) < 4.78 is 47.3. The summed E-state index contributed by atoms with van der Waals surface area (Å²) in [4.78, 5) is 24.2. The second kappa shape index (κ2) is 13.4. The first-order valence-electron chi connectivity index (χ1n) is 12.2. The highest BCUT2D eigenvalue weighted by molar-refractivity contribution is 5.93. The molecule has 5 N–H and O–H groups in total. The van der Waals surface area contributed by atoms with Crippen molar-refractivity contribution in [2.45, 2.75) is 38.3 Å². The lowest BCUT2D eigenvalue weighted by molar-refractivity contribution is -0.136. The number of esters is 1. The van der Waals surface area contributed by atoms with Crippen LogP contribution >= 0.6 is 0 Å². The smallest absolute Gasteiger partial charge is 0.389 e. The Bertz CT molecular complexity index is 1280. The topological polar surface area (TPSA) is 125 Å². The molecule has 206 valence electrons. The molecule has 3 aromatic carbocycles. The number of carboxylic acids is 1. The molecule has 0 radical (unpaired) electrons. The Hall–Kier alpha value is -4.47. The zero-order valence-electron chi connectivity index (χ0n) is 21.0. The number of aryl methyl sites for hydroxylation is 1. The highest BCUT2D eigenvalue weighted by atomic mass is 19.4. The van der Waals surface area contributed by atoms with Crippen molar-refractivity contribution in [1.29, 1.82) is 0 Å². The summed E-state index contributed by atoms with van der Waals surface area (Å²) in [5.74, 6) is -0.941. The quantitative estimate of drug-likeness (QED) is 0.0808. The van der Waals surface area contributed by atoms with Crippen LogP contribution in [0.4, 0.5) is 24.5 Å². The molecule has 10 heteroatoms. The van der Waals surface area contributed by atoms with Gasteiger partial charge in [-0.2, -0.15) is 13.2 Å². The van der Waals surface area contributed by atoms with E-state index >= 15 is 0 Å². The normalized spacial score (nSPS) is 11.7. The van der Waals surface area contributed by atoms with Gasteiger partial charge in [0, 0.05) is 23.4 Å². The van der Waals surface area contributed by atoms with Gasteiger partial charge >= 0.3 is 18.1 Å². The highest BCUT2D eigenvalue weighted by Gasteiger charge is 2.25. The van der Waals surface area contributed by atoms with E-state index in [-0.39, 0.29) is 42.8 Å². The number of nitrogen functional groups attached to an aromatic ring is 2. The first-order valence-corrected chi connectivity index (χ1v) is 12.2. The third-order valence-electron chi connectivity index (χ3n) is 5.64. The first-order chi connectivity index (χ1) is 18.5. The van der Waals surface area contributed by atoms with Crippen LogP contribution in [0, 0.1) is 0 Å². The van der Waals surface area contributed by atoms with Crippen LogP contribution in [-0.4, -0.2) is 29.8 Å². The van der Waals surface area contributed by atoms with E-state index in [0.717, 1.165) is 5.56 Å². The van der Waals surface area contributed by atoms with Crippen molar-refractivity contribution in [3.8, 4) is 11.5 Å². The number of carboxylic acid groups (broad SMARTS) is 1. The summed E-state index contributed by atoms with van der Waals surface area (Å²) in [5.41, 5.74) is 14.5. The van der Waals surface area contributed by atoms with Gasteiger partial charge in [-0.15, -0.1) is 0 Å². The largest absolute Gasteiger partial charge is 0.494 e. The van der Waals surface area contributed by atoms with Crippen molar-refractivity contribution < 1.29 is 37.3 Å². The van der Waals surface area contributed by atoms with Gasteiger partial charge in [-0.25, -0.2) is 9.59 Å². The van der Waals surface area contributed by atoms with Gasteiger partial charge < -0.3 is 26.0 Å². The molecule has 0 spiro atoms. The molecule has 0 unspecified atom stereocenters. The van der Waals surface area contributed by atoms with E-state index in [1.807, 2.05) is 0 Å². The molecule has 7 nitrogen and oxygen atoms in total. The maximum Gasteiger partial charge on any atom is 0.389 e. The molecule has 0 heterocycles. The minimum atomic E-state index is -4.17. The molecule has 3 rings (SSSR count). The zero-order chi connectivity index (χ0) is 28.4. The molecular weight excluding hydrogens is 513 g/mol. The average molecular weight is 543 g/mol. The van der Waals surface area contributed by atoms with E-state index in [9.17, 15) is 27.9 Å². The number of hydrogen-bond donors (Lipinski definition) is 3. The number of halogens is 3. The second-order valence-corrected chi connectivity index (χ2v) is 8.89. The Kier molecular flexibility index (Phi) is 9.97. The van der Waals surface area contributed by atoms with E-state index in [4.69, 9.17) is 20.9 Å².